The van der Waals surface area contributed by atoms with E-state index in [-0.39, 0.29) is 18.3 Å². The van der Waals surface area contributed by atoms with Gasteiger partial charge in [0, 0.05) is 30.8 Å². The number of Topliss-reactive ketones (excluding diaryl/α,β-unsaturated/α-hetero) is 1. The number of likely N-dealkylation sites (tertiary alicyclic amines) is 1. The predicted octanol–water partition coefficient (Wildman–Crippen LogP) is 2.04. The van der Waals surface area contributed by atoms with Crippen molar-refractivity contribution < 1.29 is 23.9 Å². The van der Waals surface area contributed by atoms with E-state index in [4.69, 9.17) is 15.2 Å². The molecule has 0 radical (unpaired) electrons. The van der Waals surface area contributed by atoms with Crippen LogP contribution >= 0.6 is 0 Å². The maximum absolute atomic E-state index is 12.4. The highest BCUT2D eigenvalue weighted by Crippen LogP contribution is 2.20. The summed E-state index contributed by atoms with van der Waals surface area (Å²) >= 11 is 0. The lowest BCUT2D eigenvalue weighted by molar-refractivity contribution is -0.126. The maximum atomic E-state index is 12.4. The molecule has 1 fully saturated rings. The van der Waals surface area contributed by atoms with Crippen molar-refractivity contribution in [2.45, 2.75) is 12.8 Å². The third kappa shape index (κ3) is 5.06. The van der Waals surface area contributed by atoms with Gasteiger partial charge in [0.05, 0.1) is 6.20 Å². The number of carbonyl (C=O) groups excluding carboxylic acids is 3. The highest BCUT2D eigenvalue weighted by Gasteiger charge is 2.28. The number of benzene rings is 1. The van der Waals surface area contributed by atoms with Gasteiger partial charge in [0.2, 0.25) is 5.91 Å². The van der Waals surface area contributed by atoms with E-state index in [9.17, 15) is 14.4 Å². The van der Waals surface area contributed by atoms with Crippen LogP contribution in [-0.2, 0) is 4.79 Å². The number of rotatable bonds is 6. The zero-order chi connectivity index (χ0) is 19.9. The standard InChI is InChI=1S/C20H21N3O5/c21-19(25)15-3-5-16(6-4-15)27-13-18(24)14-7-10-23(11-8-14)20(26)28-17-2-1-9-22-12-17/h1-6,9,12,14H,7-8,10-11,13H2,(H2,21,25). The number of nitrogens with zero attached hydrogens (tertiary/aromatic N) is 2. The van der Waals surface area contributed by atoms with E-state index in [1.54, 1.807) is 47.5 Å². The number of nitrogens with two attached hydrogens (primary N) is 1. The fourth-order valence-electron chi connectivity index (χ4n) is 2.94. The van der Waals surface area contributed by atoms with Gasteiger partial charge in [-0.2, -0.15) is 0 Å². The third-order valence-corrected chi connectivity index (χ3v) is 4.57. The average Bonchev–Trinajstić information content (AvgIpc) is 2.73. The van der Waals surface area contributed by atoms with Crippen LogP contribution < -0.4 is 15.2 Å². The van der Waals surface area contributed by atoms with Crippen LogP contribution in [0, 0.1) is 5.92 Å². The number of carbonyl (C=O) groups is 3. The molecule has 28 heavy (non-hydrogen) atoms. The largest absolute Gasteiger partial charge is 0.486 e. The highest BCUT2D eigenvalue weighted by molar-refractivity contribution is 5.92. The van der Waals surface area contributed by atoms with E-state index < -0.39 is 12.0 Å². The molecule has 2 aromatic rings. The van der Waals surface area contributed by atoms with Gasteiger partial charge in [-0.25, -0.2) is 4.79 Å². The molecule has 0 saturated carbocycles. The van der Waals surface area contributed by atoms with E-state index in [1.807, 2.05) is 0 Å². The van der Waals surface area contributed by atoms with Crippen molar-refractivity contribution in [1.29, 1.82) is 0 Å². The van der Waals surface area contributed by atoms with Crippen molar-refractivity contribution in [3.63, 3.8) is 0 Å². The van der Waals surface area contributed by atoms with E-state index in [0.717, 1.165) is 0 Å². The number of piperidine rings is 1. The average molecular weight is 383 g/mol. The van der Waals surface area contributed by atoms with Gasteiger partial charge in [0.15, 0.2) is 11.5 Å². The maximum Gasteiger partial charge on any atom is 0.415 e. The van der Waals surface area contributed by atoms with E-state index in [0.29, 0.717) is 43.0 Å². The lowest BCUT2D eigenvalue weighted by Gasteiger charge is -2.30. The summed E-state index contributed by atoms with van der Waals surface area (Å²) in [6.45, 7) is 0.840. The Bertz CT molecular complexity index is 831. The first-order valence-corrected chi connectivity index (χ1v) is 8.95. The molecule has 3 rings (SSSR count). The van der Waals surface area contributed by atoms with Crippen LogP contribution in [0.25, 0.3) is 0 Å². The monoisotopic (exact) mass is 383 g/mol. The third-order valence-electron chi connectivity index (χ3n) is 4.57. The predicted molar refractivity (Wildman–Crippen MR) is 100 cm³/mol. The van der Waals surface area contributed by atoms with Gasteiger partial charge in [0.25, 0.3) is 0 Å². The second-order valence-corrected chi connectivity index (χ2v) is 6.46. The zero-order valence-corrected chi connectivity index (χ0v) is 15.2. The summed E-state index contributed by atoms with van der Waals surface area (Å²) in [5, 5.41) is 0. The number of pyridine rings is 1. The van der Waals surface area contributed by atoms with E-state index in [2.05, 4.69) is 4.98 Å². The number of ether oxygens (including phenoxy) is 2. The molecule has 1 aromatic carbocycles. The highest BCUT2D eigenvalue weighted by atomic mass is 16.6. The van der Waals surface area contributed by atoms with Crippen molar-refractivity contribution in [2.75, 3.05) is 19.7 Å². The zero-order valence-electron chi connectivity index (χ0n) is 15.2. The molecule has 2 amide bonds. The summed E-state index contributed by atoms with van der Waals surface area (Å²) in [6.07, 6.45) is 3.75. The molecular weight excluding hydrogens is 362 g/mol. The van der Waals surface area contributed by atoms with Crippen LogP contribution in [0.5, 0.6) is 11.5 Å². The Balaban J connectivity index is 1.43. The van der Waals surface area contributed by atoms with E-state index in [1.165, 1.54) is 6.20 Å². The Hall–Kier alpha value is -3.42. The van der Waals surface area contributed by atoms with Crippen LogP contribution in [0.2, 0.25) is 0 Å². The van der Waals surface area contributed by atoms with Gasteiger partial charge in [0.1, 0.15) is 12.4 Å². The number of hydrogen-bond donors (Lipinski definition) is 1. The Morgan fingerprint density at radius 1 is 1.07 bits per heavy atom. The minimum atomic E-state index is -0.517. The second-order valence-electron chi connectivity index (χ2n) is 6.46. The lowest BCUT2D eigenvalue weighted by Crippen LogP contribution is -2.42. The normalized spacial score (nSPS) is 14.4. The molecule has 1 aliphatic heterocycles. The second kappa shape index (κ2) is 8.98. The molecule has 0 bridgehead atoms. The summed E-state index contributed by atoms with van der Waals surface area (Å²) in [6, 6.07) is 9.65. The molecule has 2 heterocycles. The number of hydrogen-bond acceptors (Lipinski definition) is 6. The summed E-state index contributed by atoms with van der Waals surface area (Å²) in [7, 11) is 0. The minimum Gasteiger partial charge on any atom is -0.486 e. The number of amides is 2. The summed E-state index contributed by atoms with van der Waals surface area (Å²) in [5.41, 5.74) is 5.56. The molecule has 0 aliphatic carbocycles. The first kappa shape index (κ1) is 19.3. The first-order chi connectivity index (χ1) is 13.5. The van der Waals surface area contributed by atoms with Gasteiger partial charge in [-0.05, 0) is 49.2 Å². The molecule has 1 aromatic heterocycles. The Kier molecular flexibility index (Phi) is 6.21. The minimum absolute atomic E-state index is 0.0146. The summed E-state index contributed by atoms with van der Waals surface area (Å²) < 4.78 is 10.8. The Morgan fingerprint density at radius 2 is 1.79 bits per heavy atom. The van der Waals surface area contributed by atoms with Gasteiger partial charge in [-0.1, -0.05) is 0 Å². The Morgan fingerprint density at radius 3 is 2.39 bits per heavy atom. The molecule has 1 aliphatic rings. The smallest absolute Gasteiger partial charge is 0.415 e. The van der Waals surface area contributed by atoms with Crippen LogP contribution in [0.4, 0.5) is 4.79 Å². The summed E-state index contributed by atoms with van der Waals surface area (Å²) in [5.74, 6) is 0.195. The fourth-order valence-corrected chi connectivity index (χ4v) is 2.94. The number of aromatic nitrogens is 1. The lowest BCUT2D eigenvalue weighted by atomic mass is 9.93. The molecule has 8 nitrogen and oxygen atoms in total. The fraction of sp³-hybridized carbons (Fsp3) is 0.300. The molecule has 1 saturated heterocycles. The molecular formula is C20H21N3O5. The molecule has 0 spiro atoms. The SMILES string of the molecule is NC(=O)c1ccc(OCC(=O)C2CCN(C(=O)Oc3cccnc3)CC2)cc1. The van der Waals surface area contributed by atoms with Crippen LogP contribution in [0.1, 0.15) is 23.2 Å². The van der Waals surface area contributed by atoms with Crippen LogP contribution in [-0.4, -0.2) is 47.4 Å². The van der Waals surface area contributed by atoms with Crippen LogP contribution in [0.3, 0.4) is 0 Å². The Labute approximate surface area is 162 Å². The van der Waals surface area contributed by atoms with Gasteiger partial charge in [-0.15, -0.1) is 0 Å². The molecule has 0 unspecified atom stereocenters. The van der Waals surface area contributed by atoms with Crippen molar-refractivity contribution in [3.8, 4) is 11.5 Å². The molecule has 2 N–H and O–H groups in total. The van der Waals surface area contributed by atoms with Crippen molar-refractivity contribution in [3.05, 3.63) is 54.4 Å². The van der Waals surface area contributed by atoms with Crippen molar-refractivity contribution >= 4 is 17.8 Å². The van der Waals surface area contributed by atoms with Gasteiger partial charge >= 0.3 is 6.09 Å². The summed E-state index contributed by atoms with van der Waals surface area (Å²) in [4.78, 5) is 41.1. The molecule has 0 atom stereocenters. The van der Waals surface area contributed by atoms with Gasteiger partial charge in [-0.3, -0.25) is 14.6 Å². The first-order valence-electron chi connectivity index (χ1n) is 8.95. The molecule has 146 valence electrons. The quantitative estimate of drug-likeness (QED) is 0.817. The van der Waals surface area contributed by atoms with Crippen molar-refractivity contribution in [1.82, 2.24) is 9.88 Å². The number of primary amides is 1. The van der Waals surface area contributed by atoms with Gasteiger partial charge < -0.3 is 20.1 Å². The molecule has 8 heteroatoms. The van der Waals surface area contributed by atoms with E-state index >= 15 is 0 Å². The number of ketones is 1. The topological polar surface area (TPSA) is 112 Å². The van der Waals surface area contributed by atoms with Crippen LogP contribution in [0.15, 0.2) is 48.8 Å². The van der Waals surface area contributed by atoms with Crippen molar-refractivity contribution in [2.24, 2.45) is 11.7 Å².